The molecule has 28 heavy (non-hydrogen) atoms. The van der Waals surface area contributed by atoms with Crippen LogP contribution in [0.1, 0.15) is 50.5 Å². The molecule has 3 N–H and O–H groups in total. The molecule has 0 saturated heterocycles. The molecule has 0 aromatic heterocycles. The van der Waals surface area contributed by atoms with Crippen molar-refractivity contribution in [3.05, 3.63) is 76.7 Å². The van der Waals surface area contributed by atoms with Gasteiger partial charge in [-0.2, -0.15) is 0 Å². The molecule has 3 aliphatic carbocycles. The van der Waals surface area contributed by atoms with Gasteiger partial charge in [0.15, 0.2) is 5.78 Å². The van der Waals surface area contributed by atoms with Crippen LogP contribution in [0.4, 0.5) is 5.69 Å². The van der Waals surface area contributed by atoms with Crippen molar-refractivity contribution in [3.63, 3.8) is 0 Å². The average Bonchev–Trinajstić information content (AvgIpc) is 2.73. The number of hydrogen-bond acceptors (Lipinski definition) is 4. The second-order valence-corrected chi connectivity index (χ2v) is 7.89. The van der Waals surface area contributed by atoms with E-state index < -0.39 is 0 Å². The van der Waals surface area contributed by atoms with Gasteiger partial charge in [-0.1, -0.05) is 25.5 Å². The minimum atomic E-state index is -0.241. The van der Waals surface area contributed by atoms with Gasteiger partial charge >= 0.3 is 0 Å². The maximum absolute atomic E-state index is 12.8. The molecular weight excluding hydrogens is 348 g/mol. The van der Waals surface area contributed by atoms with Gasteiger partial charge in [0.2, 0.25) is 5.78 Å². The van der Waals surface area contributed by atoms with Crippen molar-refractivity contribution in [2.24, 2.45) is 11.7 Å². The van der Waals surface area contributed by atoms with E-state index in [2.05, 4.69) is 24.4 Å². The SMILES string of the molecule is CC[C@H]1CC[C@H](c2ccc(NC3=CC=C4C(=O)C=CC(N)=C4C3=O)cc2)CC1. The zero-order chi connectivity index (χ0) is 19.7. The number of ketones is 2. The molecule has 0 amide bonds. The summed E-state index contributed by atoms with van der Waals surface area (Å²) in [5.74, 6) is 1.11. The van der Waals surface area contributed by atoms with E-state index in [1.807, 2.05) is 12.1 Å². The first-order valence-corrected chi connectivity index (χ1v) is 10.1. The minimum Gasteiger partial charge on any atom is -0.398 e. The minimum absolute atomic E-state index is 0.185. The highest BCUT2D eigenvalue weighted by Gasteiger charge is 2.29. The highest BCUT2D eigenvalue weighted by molar-refractivity contribution is 6.25. The standard InChI is InChI=1S/C24H26N2O2/c1-2-15-3-5-16(6-4-15)17-7-9-18(10-8-17)26-21-13-11-19-22(27)14-12-20(25)23(19)24(21)28/h7-16,26H,2-6,25H2,1H3/t15-,16-. The highest BCUT2D eigenvalue weighted by atomic mass is 16.1. The lowest BCUT2D eigenvalue weighted by Crippen LogP contribution is -2.25. The van der Waals surface area contributed by atoms with Crippen LogP contribution in [-0.2, 0) is 9.59 Å². The predicted molar refractivity (Wildman–Crippen MR) is 112 cm³/mol. The number of hydrogen-bond donors (Lipinski definition) is 2. The normalized spacial score (nSPS) is 24.6. The van der Waals surface area contributed by atoms with Crippen molar-refractivity contribution >= 4 is 17.3 Å². The van der Waals surface area contributed by atoms with Crippen molar-refractivity contribution in [1.29, 1.82) is 0 Å². The maximum atomic E-state index is 12.8. The second-order valence-electron chi connectivity index (χ2n) is 7.89. The van der Waals surface area contributed by atoms with Gasteiger partial charge in [0.05, 0.1) is 11.3 Å². The third kappa shape index (κ3) is 3.47. The number of anilines is 1. The zero-order valence-corrected chi connectivity index (χ0v) is 16.2. The van der Waals surface area contributed by atoms with E-state index in [4.69, 9.17) is 5.73 Å². The van der Waals surface area contributed by atoms with Gasteiger partial charge in [0, 0.05) is 17.0 Å². The summed E-state index contributed by atoms with van der Waals surface area (Å²) in [5, 5.41) is 3.19. The Labute approximate surface area is 165 Å². The number of fused-ring (bicyclic) bond motifs is 1. The molecule has 144 valence electrons. The lowest BCUT2D eigenvalue weighted by molar-refractivity contribution is -0.114. The molecule has 1 aromatic carbocycles. The third-order valence-corrected chi connectivity index (χ3v) is 6.21. The summed E-state index contributed by atoms with van der Waals surface area (Å²) in [6.07, 6.45) is 12.7. The topological polar surface area (TPSA) is 72.2 Å². The van der Waals surface area contributed by atoms with Crippen molar-refractivity contribution in [1.82, 2.24) is 0 Å². The third-order valence-electron chi connectivity index (χ3n) is 6.21. The Morgan fingerprint density at radius 1 is 1.00 bits per heavy atom. The van der Waals surface area contributed by atoms with E-state index >= 15 is 0 Å². The Morgan fingerprint density at radius 2 is 1.71 bits per heavy atom. The molecule has 4 heteroatoms. The number of nitrogens with two attached hydrogens (primary N) is 1. The van der Waals surface area contributed by atoms with Crippen LogP contribution in [0.5, 0.6) is 0 Å². The Balaban J connectivity index is 1.47. The summed E-state index contributed by atoms with van der Waals surface area (Å²) < 4.78 is 0. The molecular formula is C24H26N2O2. The number of allylic oxidation sites excluding steroid dienone is 6. The van der Waals surface area contributed by atoms with Crippen molar-refractivity contribution in [2.45, 2.75) is 44.9 Å². The Hall–Kier alpha value is -2.88. The largest absolute Gasteiger partial charge is 0.398 e. The number of carbonyl (C=O) groups is 2. The number of rotatable bonds is 4. The van der Waals surface area contributed by atoms with E-state index in [-0.39, 0.29) is 11.6 Å². The van der Waals surface area contributed by atoms with Crippen LogP contribution >= 0.6 is 0 Å². The first kappa shape index (κ1) is 18.5. The predicted octanol–water partition coefficient (Wildman–Crippen LogP) is 4.53. The summed E-state index contributed by atoms with van der Waals surface area (Å²) in [4.78, 5) is 24.8. The number of nitrogens with one attached hydrogen (secondary N) is 1. The van der Waals surface area contributed by atoms with Crippen LogP contribution in [0.25, 0.3) is 0 Å². The average molecular weight is 374 g/mol. The molecule has 0 heterocycles. The monoisotopic (exact) mass is 374 g/mol. The van der Waals surface area contributed by atoms with Gasteiger partial charge in [-0.05, 0) is 79.5 Å². The lowest BCUT2D eigenvalue weighted by atomic mass is 9.78. The van der Waals surface area contributed by atoms with Crippen LogP contribution in [0, 0.1) is 5.92 Å². The fourth-order valence-electron chi connectivity index (χ4n) is 4.41. The number of benzene rings is 1. The van der Waals surface area contributed by atoms with Crippen LogP contribution in [0.3, 0.4) is 0 Å². The van der Waals surface area contributed by atoms with Crippen LogP contribution in [0.15, 0.2) is 71.1 Å². The zero-order valence-electron chi connectivity index (χ0n) is 16.2. The molecule has 0 unspecified atom stereocenters. The smallest absolute Gasteiger partial charge is 0.211 e. The quantitative estimate of drug-likeness (QED) is 0.812. The number of carbonyl (C=O) groups excluding carboxylic acids is 2. The molecule has 1 fully saturated rings. The highest BCUT2D eigenvalue weighted by Crippen LogP contribution is 2.37. The molecule has 0 radical (unpaired) electrons. The van der Waals surface area contributed by atoms with Gasteiger partial charge in [0.25, 0.3) is 0 Å². The van der Waals surface area contributed by atoms with Crippen LogP contribution in [0.2, 0.25) is 0 Å². The molecule has 4 rings (SSSR count). The van der Waals surface area contributed by atoms with E-state index in [1.54, 1.807) is 12.2 Å². The Bertz CT molecular complexity index is 924. The van der Waals surface area contributed by atoms with Crippen molar-refractivity contribution in [2.75, 3.05) is 5.32 Å². The summed E-state index contributed by atoms with van der Waals surface area (Å²) in [5.41, 5.74) is 9.61. The van der Waals surface area contributed by atoms with Crippen LogP contribution < -0.4 is 11.1 Å². The van der Waals surface area contributed by atoms with Crippen molar-refractivity contribution in [3.8, 4) is 0 Å². The molecule has 0 bridgehead atoms. The summed E-state index contributed by atoms with van der Waals surface area (Å²) in [7, 11) is 0. The molecule has 3 aliphatic rings. The molecule has 0 spiro atoms. The van der Waals surface area contributed by atoms with E-state index in [0.29, 0.717) is 28.5 Å². The summed E-state index contributed by atoms with van der Waals surface area (Å²) in [6.45, 7) is 2.29. The van der Waals surface area contributed by atoms with Crippen LogP contribution in [-0.4, -0.2) is 11.6 Å². The summed E-state index contributed by atoms with van der Waals surface area (Å²) in [6, 6.07) is 8.38. The second kappa shape index (κ2) is 7.63. The van der Waals surface area contributed by atoms with Gasteiger partial charge in [-0.3, -0.25) is 9.59 Å². The fraction of sp³-hybridized carbons (Fsp3) is 0.333. The van der Waals surface area contributed by atoms with Gasteiger partial charge < -0.3 is 11.1 Å². The Kier molecular flexibility index (Phi) is 5.03. The first-order chi connectivity index (χ1) is 13.6. The molecule has 0 atom stereocenters. The van der Waals surface area contributed by atoms with Gasteiger partial charge in [0.1, 0.15) is 0 Å². The maximum Gasteiger partial charge on any atom is 0.211 e. The van der Waals surface area contributed by atoms with E-state index in [9.17, 15) is 9.59 Å². The van der Waals surface area contributed by atoms with Crippen molar-refractivity contribution < 1.29 is 9.59 Å². The molecule has 0 aliphatic heterocycles. The first-order valence-electron chi connectivity index (χ1n) is 10.1. The number of Topliss-reactive ketones (excluding diaryl/α,β-unsaturated/α-hetero) is 1. The molecule has 4 nitrogen and oxygen atoms in total. The van der Waals surface area contributed by atoms with Gasteiger partial charge in [-0.15, -0.1) is 0 Å². The van der Waals surface area contributed by atoms with E-state index in [0.717, 1.165) is 11.6 Å². The van der Waals surface area contributed by atoms with E-state index in [1.165, 1.54) is 49.8 Å². The molecule has 1 saturated carbocycles. The molecule has 1 aromatic rings. The lowest BCUT2D eigenvalue weighted by Gasteiger charge is -2.28. The Morgan fingerprint density at radius 3 is 2.39 bits per heavy atom. The summed E-state index contributed by atoms with van der Waals surface area (Å²) >= 11 is 0. The fourth-order valence-corrected chi connectivity index (χ4v) is 4.41. The van der Waals surface area contributed by atoms with Gasteiger partial charge in [-0.25, -0.2) is 0 Å².